The average molecular weight is 297 g/mol. The van der Waals surface area contributed by atoms with Gasteiger partial charge in [0.1, 0.15) is 0 Å². The zero-order valence-electron chi connectivity index (χ0n) is 12.7. The number of carboxylic acid groups (broad SMARTS) is 1. The van der Waals surface area contributed by atoms with E-state index in [0.717, 1.165) is 12.0 Å². The van der Waals surface area contributed by atoms with Gasteiger partial charge in [-0.2, -0.15) is 0 Å². The van der Waals surface area contributed by atoms with E-state index in [2.05, 4.69) is 12.2 Å². The molecule has 4 nitrogen and oxygen atoms in total. The van der Waals surface area contributed by atoms with Crippen molar-refractivity contribution in [1.29, 1.82) is 0 Å². The maximum atomic E-state index is 12.3. The largest absolute Gasteiger partial charge is 0.481 e. The third-order valence-electron chi connectivity index (χ3n) is 3.76. The highest BCUT2D eigenvalue weighted by atomic mass is 32.1. The minimum Gasteiger partial charge on any atom is -0.481 e. The number of carbonyl (C=O) groups is 2. The Morgan fingerprint density at radius 1 is 1.45 bits per heavy atom. The van der Waals surface area contributed by atoms with Crippen molar-refractivity contribution in [2.45, 2.75) is 53.0 Å². The Bertz CT molecular complexity index is 507. The summed E-state index contributed by atoms with van der Waals surface area (Å²) in [5.41, 5.74) is 0.375. The van der Waals surface area contributed by atoms with Crippen LogP contribution in [0.1, 0.15) is 54.2 Å². The van der Waals surface area contributed by atoms with Gasteiger partial charge in [-0.15, -0.1) is 11.3 Å². The van der Waals surface area contributed by atoms with Crippen LogP contribution in [0.5, 0.6) is 0 Å². The Morgan fingerprint density at radius 2 is 2.05 bits per heavy atom. The molecule has 1 aromatic rings. The first kappa shape index (κ1) is 16.7. The van der Waals surface area contributed by atoms with Gasteiger partial charge in [0, 0.05) is 4.88 Å². The second-order valence-corrected chi connectivity index (χ2v) is 6.80. The standard InChI is InChI=1S/C15H23NO3S/c1-6-11-10(4)7-12(20-11)14(19)16-15(5,9(2)3)8-13(17)18/h7,9H,6,8H2,1-5H3,(H,16,19)(H,17,18). The molecule has 0 fully saturated rings. The van der Waals surface area contributed by atoms with Gasteiger partial charge in [0.15, 0.2) is 0 Å². The molecule has 0 spiro atoms. The SMILES string of the molecule is CCc1sc(C(=O)NC(C)(CC(=O)O)C(C)C)cc1C. The van der Waals surface area contributed by atoms with Gasteiger partial charge >= 0.3 is 5.97 Å². The van der Waals surface area contributed by atoms with Crippen LogP contribution in [0.15, 0.2) is 6.07 Å². The van der Waals surface area contributed by atoms with E-state index in [0.29, 0.717) is 4.88 Å². The summed E-state index contributed by atoms with van der Waals surface area (Å²) in [6, 6.07) is 1.88. The number of hydrogen-bond donors (Lipinski definition) is 2. The van der Waals surface area contributed by atoms with Crippen molar-refractivity contribution in [3.05, 3.63) is 21.4 Å². The van der Waals surface area contributed by atoms with E-state index >= 15 is 0 Å². The fourth-order valence-electron chi connectivity index (χ4n) is 2.01. The zero-order chi connectivity index (χ0) is 15.5. The lowest BCUT2D eigenvalue weighted by Gasteiger charge is -2.33. The number of thiophene rings is 1. The van der Waals surface area contributed by atoms with Gasteiger partial charge in [0.05, 0.1) is 16.8 Å². The van der Waals surface area contributed by atoms with E-state index in [4.69, 9.17) is 5.11 Å². The molecule has 1 rings (SSSR count). The van der Waals surface area contributed by atoms with Crippen LogP contribution in [-0.4, -0.2) is 22.5 Å². The molecule has 0 aromatic carbocycles. The van der Waals surface area contributed by atoms with E-state index in [1.807, 2.05) is 26.8 Å². The van der Waals surface area contributed by atoms with Gasteiger partial charge in [0.25, 0.3) is 5.91 Å². The van der Waals surface area contributed by atoms with Gasteiger partial charge in [-0.25, -0.2) is 0 Å². The van der Waals surface area contributed by atoms with Crippen LogP contribution in [0.25, 0.3) is 0 Å². The predicted molar refractivity (Wildman–Crippen MR) is 81.4 cm³/mol. The molecule has 5 heteroatoms. The quantitative estimate of drug-likeness (QED) is 0.847. The van der Waals surface area contributed by atoms with E-state index in [1.165, 1.54) is 16.2 Å². The predicted octanol–water partition coefficient (Wildman–Crippen LogP) is 3.24. The summed E-state index contributed by atoms with van der Waals surface area (Å²) in [5, 5.41) is 11.9. The number of amides is 1. The third-order valence-corrected chi connectivity index (χ3v) is 5.14. The number of hydrogen-bond acceptors (Lipinski definition) is 3. The molecule has 0 aliphatic rings. The summed E-state index contributed by atoms with van der Waals surface area (Å²) >= 11 is 1.48. The Labute approximate surface area is 124 Å². The van der Waals surface area contributed by atoms with Gasteiger partial charge < -0.3 is 10.4 Å². The molecule has 0 aliphatic heterocycles. The molecule has 0 saturated heterocycles. The highest BCUT2D eigenvalue weighted by molar-refractivity contribution is 7.14. The van der Waals surface area contributed by atoms with Crippen LogP contribution < -0.4 is 5.32 Å². The molecule has 0 aliphatic carbocycles. The molecule has 0 saturated carbocycles. The molecule has 1 heterocycles. The highest BCUT2D eigenvalue weighted by Gasteiger charge is 2.33. The molecule has 1 unspecified atom stereocenters. The van der Waals surface area contributed by atoms with Gasteiger partial charge in [-0.1, -0.05) is 20.8 Å². The number of rotatable bonds is 6. The molecule has 1 amide bonds. The maximum Gasteiger partial charge on any atom is 0.305 e. The van der Waals surface area contributed by atoms with Gasteiger partial charge in [0.2, 0.25) is 0 Å². The molecule has 20 heavy (non-hydrogen) atoms. The summed E-state index contributed by atoms with van der Waals surface area (Å²) in [6.45, 7) is 9.67. The van der Waals surface area contributed by atoms with Crippen LogP contribution in [0.4, 0.5) is 0 Å². The number of nitrogens with one attached hydrogen (secondary N) is 1. The number of carboxylic acids is 1. The lowest BCUT2D eigenvalue weighted by molar-refractivity contribution is -0.138. The maximum absolute atomic E-state index is 12.3. The molecule has 112 valence electrons. The van der Waals surface area contributed by atoms with Crippen LogP contribution in [0.2, 0.25) is 0 Å². The second kappa shape index (κ2) is 6.39. The number of aliphatic carboxylic acids is 1. The molecular formula is C15H23NO3S. The topological polar surface area (TPSA) is 66.4 Å². The van der Waals surface area contributed by atoms with Crippen molar-refractivity contribution in [3.63, 3.8) is 0 Å². The van der Waals surface area contributed by atoms with Crippen molar-refractivity contribution < 1.29 is 14.7 Å². The fraction of sp³-hybridized carbons (Fsp3) is 0.600. The van der Waals surface area contributed by atoms with Gasteiger partial charge in [-0.05, 0) is 37.8 Å². The van der Waals surface area contributed by atoms with E-state index in [1.54, 1.807) is 6.92 Å². The third kappa shape index (κ3) is 3.82. The first-order chi connectivity index (χ1) is 9.19. The highest BCUT2D eigenvalue weighted by Crippen LogP contribution is 2.25. The van der Waals surface area contributed by atoms with Crippen molar-refractivity contribution >= 4 is 23.2 Å². The van der Waals surface area contributed by atoms with Crippen molar-refractivity contribution in [2.75, 3.05) is 0 Å². The Hall–Kier alpha value is -1.36. The first-order valence-corrected chi connectivity index (χ1v) is 7.65. The Balaban J connectivity index is 2.93. The zero-order valence-corrected chi connectivity index (χ0v) is 13.6. The molecule has 0 bridgehead atoms. The molecule has 1 aromatic heterocycles. The van der Waals surface area contributed by atoms with Crippen LogP contribution in [0, 0.1) is 12.8 Å². The first-order valence-electron chi connectivity index (χ1n) is 6.83. The number of aryl methyl sites for hydroxylation is 2. The minimum absolute atomic E-state index is 0.0363. The van der Waals surface area contributed by atoms with Gasteiger partial charge in [-0.3, -0.25) is 9.59 Å². The Kier molecular flexibility index (Phi) is 5.34. The summed E-state index contributed by atoms with van der Waals surface area (Å²) < 4.78 is 0. The van der Waals surface area contributed by atoms with Crippen molar-refractivity contribution in [3.8, 4) is 0 Å². The molecule has 2 N–H and O–H groups in total. The monoisotopic (exact) mass is 297 g/mol. The van der Waals surface area contributed by atoms with E-state index in [9.17, 15) is 9.59 Å². The summed E-state index contributed by atoms with van der Waals surface area (Å²) in [4.78, 5) is 25.2. The molecular weight excluding hydrogens is 274 g/mol. The molecule has 1 atom stereocenters. The smallest absolute Gasteiger partial charge is 0.305 e. The normalized spacial score (nSPS) is 14.1. The average Bonchev–Trinajstić information content (AvgIpc) is 2.69. The summed E-state index contributed by atoms with van der Waals surface area (Å²) in [6.07, 6.45) is 0.821. The summed E-state index contributed by atoms with van der Waals surface area (Å²) in [7, 11) is 0. The van der Waals surface area contributed by atoms with Crippen LogP contribution in [0.3, 0.4) is 0 Å². The van der Waals surface area contributed by atoms with E-state index in [-0.39, 0.29) is 18.2 Å². The van der Waals surface area contributed by atoms with Crippen molar-refractivity contribution in [2.24, 2.45) is 5.92 Å². The lowest BCUT2D eigenvalue weighted by Crippen LogP contribution is -2.51. The fourth-order valence-corrected chi connectivity index (χ4v) is 3.02. The van der Waals surface area contributed by atoms with Crippen LogP contribution in [-0.2, 0) is 11.2 Å². The van der Waals surface area contributed by atoms with E-state index < -0.39 is 11.5 Å². The van der Waals surface area contributed by atoms with Crippen molar-refractivity contribution in [1.82, 2.24) is 5.32 Å². The number of carbonyl (C=O) groups excluding carboxylic acids is 1. The van der Waals surface area contributed by atoms with Crippen LogP contribution >= 0.6 is 11.3 Å². The lowest BCUT2D eigenvalue weighted by atomic mass is 9.85. The summed E-state index contributed by atoms with van der Waals surface area (Å²) in [5.74, 6) is -1.05. The Morgan fingerprint density at radius 3 is 2.45 bits per heavy atom. The molecule has 0 radical (unpaired) electrons. The second-order valence-electron chi connectivity index (χ2n) is 5.67. The minimum atomic E-state index is -0.905.